The zero-order valence-corrected chi connectivity index (χ0v) is 16.4. The van der Waals surface area contributed by atoms with Crippen molar-refractivity contribution in [1.29, 1.82) is 0 Å². The molecule has 0 fully saturated rings. The number of nitrogens with one attached hydrogen (secondary N) is 1. The van der Waals surface area contributed by atoms with Crippen LogP contribution in [0.15, 0.2) is 66.7 Å². The van der Waals surface area contributed by atoms with E-state index in [4.69, 9.17) is 23.2 Å². The van der Waals surface area contributed by atoms with Crippen LogP contribution in [0.3, 0.4) is 0 Å². The summed E-state index contributed by atoms with van der Waals surface area (Å²) in [6.45, 7) is 0. The fourth-order valence-corrected chi connectivity index (χ4v) is 3.52. The second-order valence-electron chi connectivity index (χ2n) is 6.43. The van der Waals surface area contributed by atoms with Crippen molar-refractivity contribution in [1.82, 2.24) is 0 Å². The highest BCUT2D eigenvalue weighted by Gasteiger charge is 2.31. The highest BCUT2D eigenvalue weighted by Crippen LogP contribution is 2.32. The number of rotatable bonds is 3. The van der Waals surface area contributed by atoms with Crippen molar-refractivity contribution in [2.45, 2.75) is 0 Å². The lowest BCUT2D eigenvalue weighted by Gasteiger charge is -2.20. The van der Waals surface area contributed by atoms with E-state index in [0.717, 1.165) is 0 Å². The first-order valence-electron chi connectivity index (χ1n) is 8.71. The van der Waals surface area contributed by atoms with E-state index in [1.165, 1.54) is 6.08 Å². The molecule has 4 rings (SSSR count). The second kappa shape index (κ2) is 7.66. The van der Waals surface area contributed by atoms with Crippen LogP contribution in [0.2, 0.25) is 10.0 Å². The first kappa shape index (κ1) is 19.1. The highest BCUT2D eigenvalue weighted by atomic mass is 35.5. The number of carbonyl (C=O) groups is 3. The molecule has 3 aromatic carbocycles. The number of ketones is 2. The summed E-state index contributed by atoms with van der Waals surface area (Å²) >= 11 is 11.9. The first-order chi connectivity index (χ1) is 14.0. The Hall–Kier alpha value is -3.21. The molecule has 0 saturated heterocycles. The number of carbonyl (C=O) groups excluding carboxylic acids is 3. The molecule has 0 atom stereocenters. The quantitative estimate of drug-likeness (QED) is 0.449. The summed E-state index contributed by atoms with van der Waals surface area (Å²) in [5.41, 5.74) is 2.17. The van der Waals surface area contributed by atoms with Gasteiger partial charge in [-0.05, 0) is 29.8 Å². The zero-order chi connectivity index (χ0) is 20.5. The monoisotopic (exact) mass is 421 g/mol. The van der Waals surface area contributed by atoms with Crippen LogP contribution in [-0.2, 0) is 4.79 Å². The predicted molar refractivity (Wildman–Crippen MR) is 114 cm³/mol. The molecule has 0 aliphatic heterocycles. The fourth-order valence-electron chi connectivity index (χ4n) is 3.21. The van der Waals surface area contributed by atoms with Gasteiger partial charge in [-0.2, -0.15) is 0 Å². The molecule has 0 radical (unpaired) electrons. The SMILES string of the molecule is O=C(/C=C/c1ccc(Cl)c(Cl)c1)Nc1cccc2c1C(=O)c1ccccc1C2=O. The molecule has 142 valence electrons. The Morgan fingerprint density at radius 1 is 0.793 bits per heavy atom. The average Bonchev–Trinajstić information content (AvgIpc) is 2.73. The maximum absolute atomic E-state index is 13.0. The molecule has 1 amide bonds. The lowest BCUT2D eigenvalue weighted by atomic mass is 9.83. The molecule has 1 aliphatic rings. The summed E-state index contributed by atoms with van der Waals surface area (Å²) in [6, 6.07) is 16.5. The fraction of sp³-hybridized carbons (Fsp3) is 0. The van der Waals surface area contributed by atoms with Crippen molar-refractivity contribution >= 4 is 52.4 Å². The molecule has 6 heteroatoms. The molecule has 0 bridgehead atoms. The summed E-state index contributed by atoms with van der Waals surface area (Å²) in [4.78, 5) is 38.1. The number of benzene rings is 3. The Balaban J connectivity index is 1.63. The average molecular weight is 422 g/mol. The third kappa shape index (κ3) is 3.60. The molecule has 29 heavy (non-hydrogen) atoms. The van der Waals surface area contributed by atoms with Gasteiger partial charge in [0.2, 0.25) is 5.91 Å². The maximum atomic E-state index is 13.0. The van der Waals surface area contributed by atoms with Gasteiger partial charge in [0.25, 0.3) is 0 Å². The van der Waals surface area contributed by atoms with Gasteiger partial charge >= 0.3 is 0 Å². The summed E-state index contributed by atoms with van der Waals surface area (Å²) in [5, 5.41) is 3.50. The molecule has 1 N–H and O–H groups in total. The Bertz CT molecular complexity index is 1210. The number of amides is 1. The molecular formula is C23H13Cl2NO3. The molecule has 0 heterocycles. The second-order valence-corrected chi connectivity index (χ2v) is 7.24. The van der Waals surface area contributed by atoms with E-state index < -0.39 is 5.91 Å². The molecule has 4 nitrogen and oxygen atoms in total. The molecule has 3 aromatic rings. The lowest BCUT2D eigenvalue weighted by Crippen LogP contribution is -2.23. The van der Waals surface area contributed by atoms with Crippen molar-refractivity contribution in [2.24, 2.45) is 0 Å². The third-order valence-electron chi connectivity index (χ3n) is 4.58. The van der Waals surface area contributed by atoms with Gasteiger partial charge in [0.1, 0.15) is 0 Å². The Kier molecular flexibility index (Phi) is 5.05. The van der Waals surface area contributed by atoms with Crippen LogP contribution in [0.25, 0.3) is 6.08 Å². The minimum absolute atomic E-state index is 0.201. The van der Waals surface area contributed by atoms with Gasteiger partial charge in [-0.15, -0.1) is 0 Å². The van der Waals surface area contributed by atoms with Crippen LogP contribution in [0.4, 0.5) is 5.69 Å². The first-order valence-corrected chi connectivity index (χ1v) is 9.47. The molecule has 0 unspecified atom stereocenters. The van der Waals surface area contributed by atoms with E-state index in [2.05, 4.69) is 5.32 Å². The third-order valence-corrected chi connectivity index (χ3v) is 5.32. The smallest absolute Gasteiger partial charge is 0.248 e. The van der Waals surface area contributed by atoms with Crippen molar-refractivity contribution in [3.8, 4) is 0 Å². The standard InChI is InChI=1S/C23H13Cl2NO3/c24-17-10-8-13(12-18(17)25)9-11-20(27)26-19-7-3-6-16-21(19)23(29)15-5-2-1-4-14(15)22(16)28/h1-12H,(H,26,27)/b11-9+. The summed E-state index contributed by atoms with van der Waals surface area (Å²) in [6.07, 6.45) is 2.90. The van der Waals surface area contributed by atoms with E-state index in [1.54, 1.807) is 66.7 Å². The van der Waals surface area contributed by atoms with E-state index in [0.29, 0.717) is 32.4 Å². The van der Waals surface area contributed by atoms with Crippen LogP contribution >= 0.6 is 23.2 Å². The summed E-state index contributed by atoms with van der Waals surface area (Å²) in [7, 11) is 0. The molecule has 0 spiro atoms. The van der Waals surface area contributed by atoms with Crippen LogP contribution in [0.5, 0.6) is 0 Å². The van der Waals surface area contributed by atoms with Gasteiger partial charge in [-0.25, -0.2) is 0 Å². The van der Waals surface area contributed by atoms with Crippen molar-refractivity contribution in [2.75, 3.05) is 5.32 Å². The van der Waals surface area contributed by atoms with Crippen LogP contribution in [0.1, 0.15) is 37.4 Å². The Labute approximate surface area is 176 Å². The van der Waals surface area contributed by atoms with Crippen molar-refractivity contribution in [3.05, 3.63) is 105 Å². The molecule has 0 aromatic heterocycles. The number of fused-ring (bicyclic) bond motifs is 2. The number of hydrogen-bond acceptors (Lipinski definition) is 3. The van der Waals surface area contributed by atoms with Gasteiger partial charge in [0.15, 0.2) is 11.6 Å². The van der Waals surface area contributed by atoms with Gasteiger partial charge in [-0.1, -0.05) is 65.7 Å². The van der Waals surface area contributed by atoms with Crippen LogP contribution < -0.4 is 5.32 Å². The number of hydrogen-bond donors (Lipinski definition) is 1. The van der Waals surface area contributed by atoms with Crippen LogP contribution in [-0.4, -0.2) is 17.5 Å². The largest absolute Gasteiger partial charge is 0.322 e. The molecule has 0 saturated carbocycles. The number of halogens is 2. The Morgan fingerprint density at radius 2 is 1.48 bits per heavy atom. The van der Waals surface area contributed by atoms with Crippen molar-refractivity contribution < 1.29 is 14.4 Å². The number of anilines is 1. The summed E-state index contributed by atoms with van der Waals surface area (Å²) < 4.78 is 0. The lowest BCUT2D eigenvalue weighted by molar-refractivity contribution is -0.111. The highest BCUT2D eigenvalue weighted by molar-refractivity contribution is 6.42. The maximum Gasteiger partial charge on any atom is 0.248 e. The molecule has 1 aliphatic carbocycles. The van der Waals surface area contributed by atoms with E-state index in [1.807, 2.05) is 0 Å². The summed E-state index contributed by atoms with van der Waals surface area (Å²) in [5.74, 6) is -0.971. The predicted octanol–water partition coefficient (Wildman–Crippen LogP) is 5.42. The van der Waals surface area contributed by atoms with Crippen LogP contribution in [0, 0.1) is 0 Å². The topological polar surface area (TPSA) is 63.2 Å². The molecular weight excluding hydrogens is 409 g/mol. The minimum Gasteiger partial charge on any atom is -0.322 e. The van der Waals surface area contributed by atoms with Gasteiger partial charge in [-0.3, -0.25) is 14.4 Å². The normalized spacial score (nSPS) is 12.6. The minimum atomic E-state index is -0.441. The van der Waals surface area contributed by atoms with Gasteiger partial charge in [0.05, 0.1) is 21.3 Å². The van der Waals surface area contributed by atoms with Crippen molar-refractivity contribution in [3.63, 3.8) is 0 Å². The zero-order valence-electron chi connectivity index (χ0n) is 14.9. The Morgan fingerprint density at radius 3 is 2.21 bits per heavy atom. The van der Waals surface area contributed by atoms with E-state index in [-0.39, 0.29) is 22.7 Å². The van der Waals surface area contributed by atoms with Gasteiger partial charge < -0.3 is 5.32 Å². The van der Waals surface area contributed by atoms with E-state index in [9.17, 15) is 14.4 Å². The van der Waals surface area contributed by atoms with Gasteiger partial charge in [0, 0.05) is 22.8 Å². The van der Waals surface area contributed by atoms with E-state index >= 15 is 0 Å².